The van der Waals surface area contributed by atoms with Crippen LogP contribution < -0.4 is 5.32 Å². The molecule has 0 bridgehead atoms. The van der Waals surface area contributed by atoms with E-state index in [1.54, 1.807) is 0 Å². The zero-order chi connectivity index (χ0) is 13.1. The van der Waals surface area contributed by atoms with E-state index in [4.69, 9.17) is 0 Å². The van der Waals surface area contributed by atoms with Crippen LogP contribution in [0.5, 0.6) is 0 Å². The Morgan fingerprint density at radius 1 is 1.39 bits per heavy atom. The van der Waals surface area contributed by atoms with Crippen LogP contribution in [-0.2, 0) is 20.1 Å². The molecule has 0 saturated carbocycles. The highest BCUT2D eigenvalue weighted by Gasteiger charge is 2.06. The van der Waals surface area contributed by atoms with Gasteiger partial charge in [-0.1, -0.05) is 13.8 Å². The quantitative estimate of drug-likeness (QED) is 0.881. The van der Waals surface area contributed by atoms with Crippen LogP contribution in [0.1, 0.15) is 25.2 Å². The van der Waals surface area contributed by atoms with Gasteiger partial charge in [0.15, 0.2) is 0 Å². The van der Waals surface area contributed by atoms with Gasteiger partial charge in [0, 0.05) is 31.5 Å². The van der Waals surface area contributed by atoms with Gasteiger partial charge < -0.3 is 5.32 Å². The third kappa shape index (κ3) is 2.91. The van der Waals surface area contributed by atoms with E-state index in [-0.39, 0.29) is 0 Å². The molecule has 2 aromatic rings. The smallest absolute Gasteiger partial charge is 0.148 e. The number of aryl methyl sites for hydroxylation is 2. The summed E-state index contributed by atoms with van der Waals surface area (Å²) >= 11 is 0. The number of nitrogens with one attached hydrogen (secondary N) is 1. The Morgan fingerprint density at radius 3 is 2.78 bits per heavy atom. The largest absolute Gasteiger partial charge is 0.363 e. The number of aromatic nitrogens is 4. The molecule has 0 saturated heterocycles. The van der Waals surface area contributed by atoms with E-state index in [0.29, 0.717) is 5.92 Å². The molecule has 0 aliphatic rings. The maximum atomic E-state index is 4.38. The summed E-state index contributed by atoms with van der Waals surface area (Å²) in [4.78, 5) is 0. The lowest BCUT2D eigenvalue weighted by atomic mass is 10.2. The Hall–Kier alpha value is -1.78. The maximum Gasteiger partial charge on any atom is 0.148 e. The van der Waals surface area contributed by atoms with Crippen LogP contribution in [0, 0.1) is 12.8 Å². The van der Waals surface area contributed by atoms with Crippen molar-refractivity contribution in [3.05, 3.63) is 29.7 Å². The monoisotopic (exact) mass is 247 g/mol. The molecule has 0 atom stereocenters. The van der Waals surface area contributed by atoms with Crippen molar-refractivity contribution in [3.8, 4) is 0 Å². The Kier molecular flexibility index (Phi) is 3.69. The number of nitrogens with zero attached hydrogens (tertiary/aromatic N) is 4. The molecule has 98 valence electrons. The molecule has 2 heterocycles. The number of hydrogen-bond acceptors (Lipinski definition) is 3. The molecule has 0 amide bonds. The fourth-order valence-corrected chi connectivity index (χ4v) is 1.85. The van der Waals surface area contributed by atoms with Gasteiger partial charge in [0.2, 0.25) is 0 Å². The van der Waals surface area contributed by atoms with Crippen molar-refractivity contribution in [1.82, 2.24) is 19.6 Å². The van der Waals surface area contributed by atoms with Crippen LogP contribution in [0.25, 0.3) is 0 Å². The predicted molar refractivity (Wildman–Crippen MR) is 72.3 cm³/mol. The van der Waals surface area contributed by atoms with Gasteiger partial charge in [-0.25, -0.2) is 0 Å². The standard InChI is InChI=1S/C13H21N5/c1-10(2)9-18-12(5-6-15-18)8-14-13-7-11(3)17(4)16-13/h5-7,10H,8-9H2,1-4H3,(H,14,16). The first-order valence-electron chi connectivity index (χ1n) is 6.31. The average Bonchev–Trinajstić information content (AvgIpc) is 2.83. The molecule has 2 rings (SSSR count). The van der Waals surface area contributed by atoms with Crippen LogP contribution in [-0.4, -0.2) is 19.6 Å². The van der Waals surface area contributed by atoms with Crippen LogP contribution in [0.2, 0.25) is 0 Å². The lowest BCUT2D eigenvalue weighted by Crippen LogP contribution is -2.12. The molecule has 0 radical (unpaired) electrons. The second kappa shape index (κ2) is 5.25. The third-order valence-corrected chi connectivity index (χ3v) is 2.91. The maximum absolute atomic E-state index is 4.38. The molecule has 0 aromatic carbocycles. The van der Waals surface area contributed by atoms with Gasteiger partial charge >= 0.3 is 0 Å². The van der Waals surface area contributed by atoms with Gasteiger partial charge in [-0.05, 0) is 18.9 Å². The first-order chi connectivity index (χ1) is 8.56. The minimum absolute atomic E-state index is 0.598. The van der Waals surface area contributed by atoms with Crippen LogP contribution in [0.4, 0.5) is 5.82 Å². The summed E-state index contributed by atoms with van der Waals surface area (Å²) in [7, 11) is 1.95. The molecule has 5 heteroatoms. The van der Waals surface area contributed by atoms with Crippen molar-refractivity contribution in [2.24, 2.45) is 13.0 Å². The Labute approximate surface area is 108 Å². The van der Waals surface area contributed by atoms with Crippen LogP contribution in [0.15, 0.2) is 18.3 Å². The van der Waals surface area contributed by atoms with Gasteiger partial charge in [0.1, 0.15) is 5.82 Å². The summed E-state index contributed by atoms with van der Waals surface area (Å²) in [6.07, 6.45) is 1.85. The van der Waals surface area contributed by atoms with Gasteiger partial charge in [0.25, 0.3) is 0 Å². The Balaban J connectivity index is 1.99. The molecule has 0 aliphatic heterocycles. The van der Waals surface area contributed by atoms with Crippen molar-refractivity contribution in [2.75, 3.05) is 5.32 Å². The summed E-state index contributed by atoms with van der Waals surface area (Å²) < 4.78 is 3.92. The van der Waals surface area contributed by atoms with E-state index < -0.39 is 0 Å². The second-order valence-corrected chi connectivity index (χ2v) is 5.05. The van der Waals surface area contributed by atoms with E-state index >= 15 is 0 Å². The highest BCUT2D eigenvalue weighted by Crippen LogP contribution is 2.10. The van der Waals surface area contributed by atoms with Gasteiger partial charge in [-0.15, -0.1) is 0 Å². The highest BCUT2D eigenvalue weighted by atomic mass is 15.3. The van der Waals surface area contributed by atoms with E-state index in [9.17, 15) is 0 Å². The molecular formula is C13H21N5. The Morgan fingerprint density at radius 2 is 2.17 bits per heavy atom. The minimum atomic E-state index is 0.598. The fourth-order valence-electron chi connectivity index (χ4n) is 1.85. The summed E-state index contributed by atoms with van der Waals surface area (Å²) in [5.74, 6) is 1.51. The zero-order valence-electron chi connectivity index (χ0n) is 11.5. The molecule has 1 N–H and O–H groups in total. The van der Waals surface area contributed by atoms with Crippen molar-refractivity contribution in [2.45, 2.75) is 33.9 Å². The van der Waals surface area contributed by atoms with Crippen molar-refractivity contribution >= 4 is 5.82 Å². The molecule has 0 fully saturated rings. The van der Waals surface area contributed by atoms with Crippen molar-refractivity contribution in [3.63, 3.8) is 0 Å². The van der Waals surface area contributed by atoms with E-state index in [0.717, 1.165) is 24.6 Å². The highest BCUT2D eigenvalue weighted by molar-refractivity contribution is 5.35. The first kappa shape index (κ1) is 12.7. The summed E-state index contributed by atoms with van der Waals surface area (Å²) in [6.45, 7) is 8.14. The van der Waals surface area contributed by atoms with Crippen LogP contribution >= 0.6 is 0 Å². The topological polar surface area (TPSA) is 47.7 Å². The normalized spacial score (nSPS) is 11.2. The van der Waals surface area contributed by atoms with E-state index in [1.807, 2.05) is 41.7 Å². The van der Waals surface area contributed by atoms with Gasteiger partial charge in [-0.2, -0.15) is 10.2 Å². The van der Waals surface area contributed by atoms with Crippen LogP contribution in [0.3, 0.4) is 0 Å². The van der Waals surface area contributed by atoms with Gasteiger partial charge in [-0.3, -0.25) is 9.36 Å². The average molecular weight is 247 g/mol. The summed E-state index contributed by atoms with van der Waals surface area (Å²) in [6, 6.07) is 4.09. The molecule has 0 aliphatic carbocycles. The molecular weight excluding hydrogens is 226 g/mol. The zero-order valence-corrected chi connectivity index (χ0v) is 11.5. The Bertz CT molecular complexity index is 490. The third-order valence-electron chi connectivity index (χ3n) is 2.91. The number of anilines is 1. The van der Waals surface area contributed by atoms with Crippen molar-refractivity contribution < 1.29 is 0 Å². The van der Waals surface area contributed by atoms with E-state index in [2.05, 4.69) is 29.4 Å². The van der Waals surface area contributed by atoms with Gasteiger partial charge in [0.05, 0.1) is 12.2 Å². The lowest BCUT2D eigenvalue weighted by Gasteiger charge is -2.10. The fraction of sp³-hybridized carbons (Fsp3) is 0.538. The number of hydrogen-bond donors (Lipinski definition) is 1. The molecule has 2 aromatic heterocycles. The lowest BCUT2D eigenvalue weighted by molar-refractivity contribution is 0.470. The van der Waals surface area contributed by atoms with E-state index in [1.165, 1.54) is 5.69 Å². The molecule has 18 heavy (non-hydrogen) atoms. The number of rotatable bonds is 5. The predicted octanol–water partition coefficient (Wildman–Crippen LogP) is 2.19. The molecule has 5 nitrogen and oxygen atoms in total. The molecule has 0 spiro atoms. The summed E-state index contributed by atoms with van der Waals surface area (Å²) in [5, 5.41) is 12.0. The van der Waals surface area contributed by atoms with Crippen molar-refractivity contribution in [1.29, 1.82) is 0 Å². The molecule has 0 unspecified atom stereocenters. The summed E-state index contributed by atoms with van der Waals surface area (Å²) in [5.41, 5.74) is 2.33. The minimum Gasteiger partial charge on any atom is -0.363 e. The second-order valence-electron chi connectivity index (χ2n) is 5.05. The SMILES string of the molecule is Cc1cc(NCc2ccnn2CC(C)C)nn1C. The first-order valence-corrected chi connectivity index (χ1v) is 6.31.